The molecule has 1 saturated heterocycles. The van der Waals surface area contributed by atoms with Gasteiger partial charge in [0.2, 0.25) is 11.8 Å². The summed E-state index contributed by atoms with van der Waals surface area (Å²) >= 11 is 0. The Hall–Kier alpha value is -2.09. The van der Waals surface area contributed by atoms with Crippen LogP contribution in [0.4, 0.5) is 18.9 Å². The van der Waals surface area contributed by atoms with E-state index in [2.05, 4.69) is 5.32 Å². The summed E-state index contributed by atoms with van der Waals surface area (Å²) in [5.41, 5.74) is 6.76. The van der Waals surface area contributed by atoms with E-state index in [0.717, 1.165) is 0 Å². The summed E-state index contributed by atoms with van der Waals surface area (Å²) in [6.45, 7) is 2.24. The van der Waals surface area contributed by atoms with E-state index < -0.39 is 18.0 Å². The van der Waals surface area contributed by atoms with Gasteiger partial charge in [0.15, 0.2) is 0 Å². The molecule has 0 bridgehead atoms. The van der Waals surface area contributed by atoms with E-state index in [1.165, 1.54) is 6.07 Å². The molecule has 0 aromatic heterocycles. The van der Waals surface area contributed by atoms with Crippen molar-refractivity contribution in [1.29, 1.82) is 0 Å². The Labute approximate surface area is 138 Å². The maximum absolute atomic E-state index is 12.6. The Morgan fingerprint density at radius 2 is 1.92 bits per heavy atom. The molecule has 5 nitrogen and oxygen atoms in total. The Morgan fingerprint density at radius 3 is 2.42 bits per heavy atom. The first-order chi connectivity index (χ1) is 11.2. The first-order valence-electron chi connectivity index (χ1n) is 7.66. The Kier molecular flexibility index (Phi) is 5.48. The van der Waals surface area contributed by atoms with Crippen LogP contribution in [0.5, 0.6) is 0 Å². The number of piperidine rings is 1. The molecule has 2 rings (SSSR count). The number of rotatable bonds is 4. The number of nitrogens with one attached hydrogen (secondary N) is 1. The minimum absolute atomic E-state index is 0.0171. The fourth-order valence-corrected chi connectivity index (χ4v) is 2.84. The van der Waals surface area contributed by atoms with Gasteiger partial charge >= 0.3 is 6.18 Å². The molecule has 0 saturated carbocycles. The van der Waals surface area contributed by atoms with Gasteiger partial charge in [0, 0.05) is 11.3 Å². The molecule has 3 N–H and O–H groups in total. The zero-order chi connectivity index (χ0) is 17.9. The molecule has 0 spiro atoms. The highest BCUT2D eigenvalue weighted by atomic mass is 19.4. The smallest absolute Gasteiger partial charge is 0.366 e. The van der Waals surface area contributed by atoms with E-state index >= 15 is 0 Å². The summed E-state index contributed by atoms with van der Waals surface area (Å²) in [5, 5.41) is 2.68. The number of halogens is 3. The normalized spacial score (nSPS) is 16.8. The van der Waals surface area contributed by atoms with E-state index in [1.807, 2.05) is 0 Å². The van der Waals surface area contributed by atoms with Crippen molar-refractivity contribution in [2.24, 2.45) is 11.7 Å². The SMILES string of the molecule is Cc1cc(NC(=O)CN2CCC(C(F)(F)F)CC2)ccc1C(N)=O. The van der Waals surface area contributed by atoms with Gasteiger partial charge in [-0.1, -0.05) is 0 Å². The fraction of sp³-hybridized carbons (Fsp3) is 0.500. The van der Waals surface area contributed by atoms with Crippen molar-refractivity contribution in [2.45, 2.75) is 25.9 Å². The molecule has 0 radical (unpaired) electrons. The Balaban J connectivity index is 1.86. The van der Waals surface area contributed by atoms with Crippen molar-refractivity contribution in [3.8, 4) is 0 Å². The lowest BCUT2D eigenvalue weighted by Gasteiger charge is -2.32. The van der Waals surface area contributed by atoms with Crippen LogP contribution < -0.4 is 11.1 Å². The number of hydrogen-bond acceptors (Lipinski definition) is 3. The van der Waals surface area contributed by atoms with Crippen LogP contribution in [0.3, 0.4) is 0 Å². The van der Waals surface area contributed by atoms with Crippen molar-refractivity contribution >= 4 is 17.5 Å². The molecule has 8 heteroatoms. The van der Waals surface area contributed by atoms with E-state index in [9.17, 15) is 22.8 Å². The van der Waals surface area contributed by atoms with Crippen LogP contribution in [0.25, 0.3) is 0 Å². The van der Waals surface area contributed by atoms with Gasteiger partial charge in [-0.3, -0.25) is 14.5 Å². The largest absolute Gasteiger partial charge is 0.391 e. The summed E-state index contributed by atoms with van der Waals surface area (Å²) in [5.74, 6) is -2.12. The van der Waals surface area contributed by atoms with Crippen LogP contribution in [-0.4, -0.2) is 42.5 Å². The molecule has 1 heterocycles. The van der Waals surface area contributed by atoms with Gasteiger partial charge in [-0.15, -0.1) is 0 Å². The number of carbonyl (C=O) groups excluding carboxylic acids is 2. The zero-order valence-electron chi connectivity index (χ0n) is 13.3. The molecule has 0 unspecified atom stereocenters. The van der Waals surface area contributed by atoms with Gasteiger partial charge in [-0.05, 0) is 56.6 Å². The minimum atomic E-state index is -4.16. The highest BCUT2D eigenvalue weighted by molar-refractivity contribution is 5.96. The number of nitrogens with zero attached hydrogens (tertiary/aromatic N) is 1. The van der Waals surface area contributed by atoms with Crippen LogP contribution in [0, 0.1) is 12.8 Å². The molecule has 1 aliphatic heterocycles. The molecule has 0 atom stereocenters. The van der Waals surface area contributed by atoms with Crippen LogP contribution >= 0.6 is 0 Å². The molecular weight excluding hydrogens is 323 g/mol. The second-order valence-corrected chi connectivity index (χ2v) is 6.03. The lowest BCUT2D eigenvalue weighted by atomic mass is 9.96. The van der Waals surface area contributed by atoms with Crippen LogP contribution in [-0.2, 0) is 4.79 Å². The first kappa shape index (κ1) is 18.3. The molecular formula is C16H20F3N3O2. The van der Waals surface area contributed by atoms with Crippen molar-refractivity contribution in [3.63, 3.8) is 0 Å². The third kappa shape index (κ3) is 4.70. The summed E-state index contributed by atoms with van der Waals surface area (Å²) in [6, 6.07) is 4.73. The summed E-state index contributed by atoms with van der Waals surface area (Å²) in [7, 11) is 0. The molecule has 2 amide bonds. The van der Waals surface area contributed by atoms with Crippen LogP contribution in [0.1, 0.15) is 28.8 Å². The molecule has 0 aliphatic carbocycles. The topological polar surface area (TPSA) is 75.4 Å². The van der Waals surface area contributed by atoms with Gasteiger partial charge in [0.05, 0.1) is 12.5 Å². The van der Waals surface area contributed by atoms with E-state index in [1.54, 1.807) is 24.0 Å². The summed E-state index contributed by atoms with van der Waals surface area (Å²) < 4.78 is 37.8. The number of carbonyl (C=O) groups is 2. The number of anilines is 1. The number of amides is 2. The van der Waals surface area contributed by atoms with Crippen LogP contribution in [0.2, 0.25) is 0 Å². The van der Waals surface area contributed by atoms with Gasteiger partial charge in [-0.2, -0.15) is 13.2 Å². The minimum Gasteiger partial charge on any atom is -0.366 e. The van der Waals surface area contributed by atoms with E-state index in [4.69, 9.17) is 5.73 Å². The standard InChI is InChI=1S/C16H20F3N3O2/c1-10-8-12(2-3-13(10)15(20)24)21-14(23)9-22-6-4-11(5-7-22)16(17,18)19/h2-3,8,11H,4-7,9H2,1H3,(H2,20,24)(H,21,23). The number of likely N-dealkylation sites (tertiary alicyclic amines) is 1. The molecule has 1 aromatic carbocycles. The molecule has 24 heavy (non-hydrogen) atoms. The summed E-state index contributed by atoms with van der Waals surface area (Å²) in [4.78, 5) is 24.9. The van der Waals surface area contributed by atoms with Crippen LogP contribution in [0.15, 0.2) is 18.2 Å². The van der Waals surface area contributed by atoms with Crippen molar-refractivity contribution < 1.29 is 22.8 Å². The molecule has 1 aliphatic rings. The second-order valence-electron chi connectivity index (χ2n) is 6.03. The Morgan fingerprint density at radius 1 is 1.29 bits per heavy atom. The second kappa shape index (κ2) is 7.21. The van der Waals surface area contributed by atoms with Gasteiger partial charge in [0.1, 0.15) is 0 Å². The van der Waals surface area contributed by atoms with Crippen molar-refractivity contribution in [2.75, 3.05) is 25.0 Å². The van der Waals surface area contributed by atoms with Crippen molar-refractivity contribution in [3.05, 3.63) is 29.3 Å². The lowest BCUT2D eigenvalue weighted by molar-refractivity contribution is -0.184. The number of benzene rings is 1. The molecule has 1 fully saturated rings. The quantitative estimate of drug-likeness (QED) is 0.881. The molecule has 1 aromatic rings. The number of aryl methyl sites for hydroxylation is 1. The maximum atomic E-state index is 12.6. The van der Waals surface area contributed by atoms with E-state index in [-0.39, 0.29) is 38.4 Å². The lowest BCUT2D eigenvalue weighted by Crippen LogP contribution is -2.42. The highest BCUT2D eigenvalue weighted by Gasteiger charge is 2.41. The zero-order valence-corrected chi connectivity index (χ0v) is 13.3. The first-order valence-corrected chi connectivity index (χ1v) is 7.66. The molecule has 132 valence electrons. The number of hydrogen-bond donors (Lipinski definition) is 2. The number of primary amides is 1. The third-order valence-corrected chi connectivity index (χ3v) is 4.19. The summed E-state index contributed by atoms with van der Waals surface area (Å²) in [6.07, 6.45) is -4.12. The number of alkyl halides is 3. The predicted octanol–water partition coefficient (Wildman–Crippen LogP) is 2.31. The number of nitrogens with two attached hydrogens (primary N) is 1. The Bertz CT molecular complexity index is 623. The fourth-order valence-electron chi connectivity index (χ4n) is 2.84. The monoisotopic (exact) mass is 343 g/mol. The average molecular weight is 343 g/mol. The van der Waals surface area contributed by atoms with Gasteiger partial charge < -0.3 is 11.1 Å². The van der Waals surface area contributed by atoms with Gasteiger partial charge in [-0.25, -0.2) is 0 Å². The third-order valence-electron chi connectivity index (χ3n) is 4.19. The van der Waals surface area contributed by atoms with Gasteiger partial charge in [0.25, 0.3) is 0 Å². The average Bonchev–Trinajstić information content (AvgIpc) is 2.46. The van der Waals surface area contributed by atoms with Crippen molar-refractivity contribution in [1.82, 2.24) is 4.90 Å². The highest BCUT2D eigenvalue weighted by Crippen LogP contribution is 2.33. The predicted molar refractivity (Wildman–Crippen MR) is 83.5 cm³/mol. The van der Waals surface area contributed by atoms with E-state index in [0.29, 0.717) is 16.8 Å². The maximum Gasteiger partial charge on any atom is 0.391 e.